The maximum Gasteiger partial charge on any atom is 0.338 e. The smallest absolute Gasteiger partial charge is 0.338 e. The van der Waals surface area contributed by atoms with Crippen LogP contribution in [0.3, 0.4) is 0 Å². The van der Waals surface area contributed by atoms with Crippen molar-refractivity contribution < 1.29 is 9.53 Å². The van der Waals surface area contributed by atoms with Gasteiger partial charge in [0.15, 0.2) is 0 Å². The highest BCUT2D eigenvalue weighted by molar-refractivity contribution is 6.33. The number of fused-ring (bicyclic) bond motifs is 1. The van der Waals surface area contributed by atoms with Crippen LogP contribution in [0.4, 0.5) is 11.4 Å². The second-order valence-electron chi connectivity index (χ2n) is 7.46. The standard InChI is InChI=1S/C23H25ClN2O2/c1-6-28-22(27)16-7-9-18(10-8-16)25-14-17-11-19-15(2)13-23(3,4)26(5)21(19)12-20(17)24/h7-14H,6H2,1-5H3. The summed E-state index contributed by atoms with van der Waals surface area (Å²) in [6.45, 7) is 8.63. The van der Waals surface area contributed by atoms with Gasteiger partial charge in [0.2, 0.25) is 0 Å². The zero-order valence-corrected chi connectivity index (χ0v) is 17.7. The molecule has 2 aromatic carbocycles. The van der Waals surface area contributed by atoms with E-state index in [2.05, 4.69) is 49.9 Å². The van der Waals surface area contributed by atoms with Crippen LogP contribution < -0.4 is 4.90 Å². The third kappa shape index (κ3) is 3.97. The molecule has 0 unspecified atom stereocenters. The SMILES string of the molecule is CCOC(=O)c1ccc(N=Cc2cc3c(cc2Cl)N(C)C(C)(C)C=C3C)cc1. The molecule has 0 spiro atoms. The number of hydrogen-bond donors (Lipinski definition) is 0. The summed E-state index contributed by atoms with van der Waals surface area (Å²) < 4.78 is 4.99. The lowest BCUT2D eigenvalue weighted by Gasteiger charge is -2.40. The van der Waals surface area contributed by atoms with Gasteiger partial charge < -0.3 is 9.64 Å². The van der Waals surface area contributed by atoms with E-state index in [4.69, 9.17) is 16.3 Å². The lowest BCUT2D eigenvalue weighted by Crippen LogP contribution is -2.42. The van der Waals surface area contributed by atoms with Gasteiger partial charge in [-0.25, -0.2) is 4.79 Å². The Bertz CT molecular complexity index is 959. The Morgan fingerprint density at radius 1 is 1.25 bits per heavy atom. The van der Waals surface area contributed by atoms with Crippen LogP contribution in [0.2, 0.25) is 5.02 Å². The predicted octanol–water partition coefficient (Wildman–Crippen LogP) is 5.90. The molecule has 1 heterocycles. The molecule has 0 radical (unpaired) electrons. The Hall–Kier alpha value is -2.59. The van der Waals surface area contributed by atoms with Crippen LogP contribution in [0.5, 0.6) is 0 Å². The zero-order chi connectivity index (χ0) is 20.5. The fraction of sp³-hybridized carbons (Fsp3) is 0.304. The fourth-order valence-corrected chi connectivity index (χ4v) is 3.54. The highest BCUT2D eigenvalue weighted by Crippen LogP contribution is 2.40. The molecule has 0 bridgehead atoms. The molecule has 0 aromatic heterocycles. The minimum Gasteiger partial charge on any atom is -0.462 e. The van der Waals surface area contributed by atoms with E-state index in [0.717, 1.165) is 22.5 Å². The summed E-state index contributed by atoms with van der Waals surface area (Å²) in [4.78, 5) is 18.5. The first kappa shape index (κ1) is 20.2. The number of halogens is 1. The first-order valence-corrected chi connectivity index (χ1v) is 9.69. The van der Waals surface area contributed by atoms with Crippen LogP contribution >= 0.6 is 11.6 Å². The van der Waals surface area contributed by atoms with Crippen molar-refractivity contribution in [2.24, 2.45) is 4.99 Å². The summed E-state index contributed by atoms with van der Waals surface area (Å²) in [6.07, 6.45) is 4.02. The number of nitrogens with zero attached hydrogens (tertiary/aromatic N) is 2. The molecule has 5 heteroatoms. The van der Waals surface area contributed by atoms with Crippen LogP contribution in [0, 0.1) is 0 Å². The van der Waals surface area contributed by atoms with E-state index in [1.165, 1.54) is 5.57 Å². The Morgan fingerprint density at radius 3 is 2.57 bits per heavy atom. The normalized spacial score (nSPS) is 15.4. The topological polar surface area (TPSA) is 41.9 Å². The van der Waals surface area contributed by atoms with Gasteiger partial charge in [-0.1, -0.05) is 17.7 Å². The quantitative estimate of drug-likeness (QED) is 0.477. The van der Waals surface area contributed by atoms with E-state index < -0.39 is 0 Å². The van der Waals surface area contributed by atoms with Crippen molar-refractivity contribution in [2.75, 3.05) is 18.6 Å². The number of hydrogen-bond acceptors (Lipinski definition) is 4. The number of carbonyl (C=O) groups excluding carboxylic acids is 1. The van der Waals surface area contributed by atoms with Gasteiger partial charge in [-0.2, -0.15) is 0 Å². The molecule has 1 aliphatic rings. The number of likely N-dealkylation sites (N-methyl/N-ethyl adjacent to an activating group) is 1. The largest absolute Gasteiger partial charge is 0.462 e. The third-order valence-corrected chi connectivity index (χ3v) is 5.39. The molecule has 0 atom stereocenters. The van der Waals surface area contributed by atoms with Gasteiger partial charge in [0.1, 0.15) is 0 Å². The fourth-order valence-electron chi connectivity index (χ4n) is 3.33. The van der Waals surface area contributed by atoms with Crippen LogP contribution in [0.25, 0.3) is 5.57 Å². The molecule has 28 heavy (non-hydrogen) atoms. The molecule has 0 N–H and O–H groups in total. The number of allylic oxidation sites excluding steroid dienone is 1. The molecular weight excluding hydrogens is 372 g/mol. The molecule has 0 fully saturated rings. The number of rotatable bonds is 4. The van der Waals surface area contributed by atoms with Crippen LogP contribution in [-0.4, -0.2) is 31.4 Å². The maximum atomic E-state index is 11.7. The molecule has 0 saturated carbocycles. The van der Waals surface area contributed by atoms with E-state index in [0.29, 0.717) is 17.2 Å². The van der Waals surface area contributed by atoms with Crippen molar-refractivity contribution in [1.29, 1.82) is 0 Å². The highest BCUT2D eigenvalue weighted by atomic mass is 35.5. The van der Waals surface area contributed by atoms with E-state index in [1.807, 2.05) is 6.07 Å². The Labute approximate surface area is 171 Å². The average Bonchev–Trinajstić information content (AvgIpc) is 2.65. The molecule has 0 amide bonds. The summed E-state index contributed by atoms with van der Waals surface area (Å²) in [5.74, 6) is -0.329. The monoisotopic (exact) mass is 396 g/mol. The molecule has 1 aliphatic heterocycles. The summed E-state index contributed by atoms with van der Waals surface area (Å²) in [6, 6.07) is 11.1. The summed E-state index contributed by atoms with van der Waals surface area (Å²) in [5.41, 5.74) is 5.55. The minimum absolute atomic E-state index is 0.0588. The van der Waals surface area contributed by atoms with Gasteiger partial charge in [-0.05, 0) is 69.7 Å². The van der Waals surface area contributed by atoms with Gasteiger partial charge in [-0.3, -0.25) is 4.99 Å². The van der Waals surface area contributed by atoms with E-state index in [9.17, 15) is 4.79 Å². The van der Waals surface area contributed by atoms with Crippen molar-refractivity contribution in [3.8, 4) is 0 Å². The van der Waals surface area contributed by atoms with E-state index in [1.54, 1.807) is 37.4 Å². The number of esters is 1. The van der Waals surface area contributed by atoms with Crippen LogP contribution in [0.1, 0.15) is 49.2 Å². The van der Waals surface area contributed by atoms with Crippen LogP contribution in [0.15, 0.2) is 47.5 Å². The molecule has 146 valence electrons. The Balaban J connectivity index is 1.88. The average molecular weight is 397 g/mol. The van der Waals surface area contributed by atoms with Gasteiger partial charge in [0.25, 0.3) is 0 Å². The molecule has 0 saturated heterocycles. The third-order valence-electron chi connectivity index (χ3n) is 5.07. The molecule has 2 aromatic rings. The second-order valence-corrected chi connectivity index (χ2v) is 7.86. The molecule has 0 aliphatic carbocycles. The van der Waals surface area contributed by atoms with Crippen LogP contribution in [-0.2, 0) is 4.74 Å². The lowest BCUT2D eigenvalue weighted by atomic mass is 9.88. The highest BCUT2D eigenvalue weighted by Gasteiger charge is 2.29. The van der Waals surface area contributed by atoms with Gasteiger partial charge in [0.05, 0.1) is 28.4 Å². The minimum atomic E-state index is -0.329. The van der Waals surface area contributed by atoms with Gasteiger partial charge in [-0.15, -0.1) is 0 Å². The van der Waals surface area contributed by atoms with Gasteiger partial charge in [0, 0.05) is 30.1 Å². The first-order chi connectivity index (χ1) is 13.2. The first-order valence-electron chi connectivity index (χ1n) is 9.31. The maximum absolute atomic E-state index is 11.7. The number of carbonyl (C=O) groups is 1. The number of anilines is 1. The summed E-state index contributed by atoms with van der Waals surface area (Å²) >= 11 is 6.54. The predicted molar refractivity (Wildman–Crippen MR) is 117 cm³/mol. The zero-order valence-electron chi connectivity index (χ0n) is 16.9. The van der Waals surface area contributed by atoms with Crippen molar-refractivity contribution in [3.05, 3.63) is 64.2 Å². The molecule has 4 nitrogen and oxygen atoms in total. The summed E-state index contributed by atoms with van der Waals surface area (Å²) in [7, 11) is 2.08. The number of benzene rings is 2. The number of aliphatic imine (C=N–C) groups is 1. The summed E-state index contributed by atoms with van der Waals surface area (Å²) in [5, 5.41) is 0.656. The van der Waals surface area contributed by atoms with E-state index >= 15 is 0 Å². The Kier molecular flexibility index (Phi) is 5.61. The van der Waals surface area contributed by atoms with Crippen molar-refractivity contribution in [2.45, 2.75) is 33.2 Å². The van der Waals surface area contributed by atoms with E-state index in [-0.39, 0.29) is 11.5 Å². The van der Waals surface area contributed by atoms with Crippen molar-refractivity contribution in [3.63, 3.8) is 0 Å². The van der Waals surface area contributed by atoms with Crippen molar-refractivity contribution >= 4 is 40.7 Å². The molecule has 3 rings (SSSR count). The number of ether oxygens (including phenoxy) is 1. The lowest BCUT2D eigenvalue weighted by molar-refractivity contribution is 0.0526. The van der Waals surface area contributed by atoms with Crippen molar-refractivity contribution in [1.82, 2.24) is 0 Å². The molecular formula is C23H25ClN2O2. The van der Waals surface area contributed by atoms with Gasteiger partial charge >= 0.3 is 5.97 Å². The Morgan fingerprint density at radius 2 is 1.93 bits per heavy atom. The second kappa shape index (κ2) is 7.80.